The van der Waals surface area contributed by atoms with Crippen molar-refractivity contribution in [2.45, 2.75) is 22.6 Å². The van der Waals surface area contributed by atoms with E-state index in [4.69, 9.17) is 10.5 Å². The molecule has 2 aromatic rings. The van der Waals surface area contributed by atoms with Crippen molar-refractivity contribution >= 4 is 11.8 Å². The van der Waals surface area contributed by atoms with E-state index in [0.717, 1.165) is 12.2 Å². The Bertz CT molecular complexity index is 542. The Hall–Kier alpha value is -1.45. The summed E-state index contributed by atoms with van der Waals surface area (Å²) in [7, 11) is 1.68. The minimum Gasteiger partial charge on any atom is -0.497 e. The van der Waals surface area contributed by atoms with Crippen molar-refractivity contribution < 1.29 is 4.74 Å². The highest BCUT2D eigenvalue weighted by Crippen LogP contribution is 2.41. The Morgan fingerprint density at radius 1 is 1.16 bits per heavy atom. The predicted molar refractivity (Wildman–Crippen MR) is 79.7 cm³/mol. The smallest absolute Gasteiger partial charge is 0.118 e. The van der Waals surface area contributed by atoms with Gasteiger partial charge in [-0.1, -0.05) is 30.3 Å². The first-order chi connectivity index (χ1) is 9.28. The molecule has 2 aromatic carbocycles. The Labute approximate surface area is 118 Å². The van der Waals surface area contributed by atoms with Gasteiger partial charge in [0.2, 0.25) is 0 Å². The molecule has 1 heterocycles. The summed E-state index contributed by atoms with van der Waals surface area (Å²) < 4.78 is 5.18. The zero-order chi connectivity index (χ0) is 13.2. The van der Waals surface area contributed by atoms with Gasteiger partial charge in [-0.15, -0.1) is 11.8 Å². The number of ether oxygens (including phenoxy) is 1. The van der Waals surface area contributed by atoms with Crippen LogP contribution in [0.3, 0.4) is 0 Å². The zero-order valence-corrected chi connectivity index (χ0v) is 11.7. The Morgan fingerprint density at radius 3 is 2.58 bits per heavy atom. The fourth-order valence-electron chi connectivity index (χ4n) is 2.45. The maximum Gasteiger partial charge on any atom is 0.118 e. The summed E-state index contributed by atoms with van der Waals surface area (Å²) in [6.07, 6.45) is 1.05. The molecule has 2 N–H and O–H groups in total. The summed E-state index contributed by atoms with van der Waals surface area (Å²) in [4.78, 5) is 1.37. The van der Waals surface area contributed by atoms with Gasteiger partial charge < -0.3 is 10.5 Å². The fraction of sp³-hybridized carbons (Fsp3) is 0.250. The maximum absolute atomic E-state index is 6.41. The molecule has 1 aliphatic heterocycles. The van der Waals surface area contributed by atoms with Crippen molar-refractivity contribution in [3.8, 4) is 5.75 Å². The number of methoxy groups -OCH3 is 1. The lowest BCUT2D eigenvalue weighted by Crippen LogP contribution is -2.23. The Kier molecular flexibility index (Phi) is 3.49. The van der Waals surface area contributed by atoms with E-state index in [1.165, 1.54) is 16.0 Å². The second kappa shape index (κ2) is 5.27. The number of hydrogen-bond donors (Lipinski definition) is 1. The van der Waals surface area contributed by atoms with E-state index in [9.17, 15) is 0 Å². The molecule has 0 fully saturated rings. The van der Waals surface area contributed by atoms with Gasteiger partial charge in [0, 0.05) is 16.2 Å². The lowest BCUT2D eigenvalue weighted by molar-refractivity contribution is 0.414. The van der Waals surface area contributed by atoms with Crippen molar-refractivity contribution in [1.29, 1.82) is 0 Å². The third-order valence-corrected chi connectivity index (χ3v) is 4.99. The van der Waals surface area contributed by atoms with Crippen LogP contribution >= 0.6 is 11.8 Å². The summed E-state index contributed by atoms with van der Waals surface area (Å²) in [6, 6.07) is 16.7. The second-order valence-corrected chi connectivity index (χ2v) is 6.05. The molecule has 19 heavy (non-hydrogen) atoms. The van der Waals surface area contributed by atoms with E-state index < -0.39 is 0 Å². The topological polar surface area (TPSA) is 35.2 Å². The van der Waals surface area contributed by atoms with Gasteiger partial charge in [-0.2, -0.15) is 0 Å². The van der Waals surface area contributed by atoms with Crippen LogP contribution in [0.5, 0.6) is 5.75 Å². The van der Waals surface area contributed by atoms with Gasteiger partial charge in [0.05, 0.1) is 7.11 Å². The number of rotatable bonds is 3. The van der Waals surface area contributed by atoms with Crippen molar-refractivity contribution in [2.75, 3.05) is 7.11 Å². The molecule has 0 saturated carbocycles. The zero-order valence-electron chi connectivity index (χ0n) is 10.9. The summed E-state index contributed by atoms with van der Waals surface area (Å²) in [6.45, 7) is 0. The van der Waals surface area contributed by atoms with Crippen molar-refractivity contribution in [1.82, 2.24) is 0 Å². The van der Waals surface area contributed by atoms with Gasteiger partial charge in [-0.25, -0.2) is 0 Å². The largest absolute Gasteiger partial charge is 0.497 e. The van der Waals surface area contributed by atoms with Gasteiger partial charge in [0.25, 0.3) is 0 Å². The molecule has 0 aliphatic carbocycles. The Morgan fingerprint density at radius 2 is 1.89 bits per heavy atom. The lowest BCUT2D eigenvalue weighted by Gasteiger charge is -2.18. The minimum atomic E-state index is 0.0586. The standard InChI is InChI=1S/C16H17NOS/c1-18-13-8-6-11(7-9-13)16(17)15-10-12-4-2-3-5-14(12)19-15/h2-9,15-16H,10,17H2,1H3. The first kappa shape index (κ1) is 12.6. The fourth-order valence-corrected chi connectivity index (χ4v) is 3.80. The van der Waals surface area contributed by atoms with E-state index in [2.05, 4.69) is 36.4 Å². The van der Waals surface area contributed by atoms with Gasteiger partial charge in [-0.05, 0) is 35.7 Å². The SMILES string of the molecule is COc1ccc(C(N)C2Cc3ccccc3S2)cc1. The van der Waals surface area contributed by atoms with Gasteiger partial charge in [0.15, 0.2) is 0 Å². The summed E-state index contributed by atoms with van der Waals surface area (Å²) in [5.41, 5.74) is 9.00. The highest BCUT2D eigenvalue weighted by atomic mass is 32.2. The van der Waals surface area contributed by atoms with Crippen LogP contribution in [0.15, 0.2) is 53.4 Å². The molecule has 2 unspecified atom stereocenters. The normalized spacial score (nSPS) is 18.9. The number of thioether (sulfide) groups is 1. The monoisotopic (exact) mass is 271 g/mol. The van der Waals surface area contributed by atoms with E-state index >= 15 is 0 Å². The molecule has 3 rings (SSSR count). The van der Waals surface area contributed by atoms with Gasteiger partial charge in [0.1, 0.15) is 5.75 Å². The van der Waals surface area contributed by atoms with Gasteiger partial charge in [-0.3, -0.25) is 0 Å². The Balaban J connectivity index is 1.77. The van der Waals surface area contributed by atoms with Crippen LogP contribution in [0, 0.1) is 0 Å². The summed E-state index contributed by atoms with van der Waals surface area (Å²) in [5.74, 6) is 0.873. The van der Waals surface area contributed by atoms with E-state index in [1.807, 2.05) is 23.9 Å². The van der Waals surface area contributed by atoms with E-state index in [-0.39, 0.29) is 6.04 Å². The molecule has 0 saturated heterocycles. The second-order valence-electron chi connectivity index (χ2n) is 4.77. The van der Waals surface area contributed by atoms with Crippen LogP contribution in [0.1, 0.15) is 17.2 Å². The molecule has 2 atom stereocenters. The minimum absolute atomic E-state index is 0.0586. The van der Waals surface area contributed by atoms with Crippen molar-refractivity contribution in [2.24, 2.45) is 5.73 Å². The molecular weight excluding hydrogens is 254 g/mol. The van der Waals surface area contributed by atoms with Crippen molar-refractivity contribution in [3.63, 3.8) is 0 Å². The van der Waals surface area contributed by atoms with Crippen LogP contribution in [0.25, 0.3) is 0 Å². The molecule has 1 aliphatic rings. The molecule has 98 valence electrons. The number of benzene rings is 2. The third-order valence-electron chi connectivity index (χ3n) is 3.57. The maximum atomic E-state index is 6.41. The quantitative estimate of drug-likeness (QED) is 0.929. The van der Waals surface area contributed by atoms with Crippen LogP contribution in [0.2, 0.25) is 0 Å². The molecule has 0 aromatic heterocycles. The van der Waals surface area contributed by atoms with E-state index in [0.29, 0.717) is 5.25 Å². The van der Waals surface area contributed by atoms with Gasteiger partial charge >= 0.3 is 0 Å². The third kappa shape index (κ3) is 2.48. The van der Waals surface area contributed by atoms with Crippen LogP contribution in [0.4, 0.5) is 0 Å². The molecule has 2 nitrogen and oxygen atoms in total. The van der Waals surface area contributed by atoms with E-state index in [1.54, 1.807) is 7.11 Å². The molecular formula is C16H17NOS. The van der Waals surface area contributed by atoms with Crippen LogP contribution < -0.4 is 10.5 Å². The number of hydrogen-bond acceptors (Lipinski definition) is 3. The highest BCUT2D eigenvalue weighted by molar-refractivity contribution is 8.00. The van der Waals surface area contributed by atoms with Crippen LogP contribution in [-0.4, -0.2) is 12.4 Å². The summed E-state index contributed by atoms with van der Waals surface area (Å²) >= 11 is 1.89. The summed E-state index contributed by atoms with van der Waals surface area (Å²) in [5, 5.41) is 0.422. The highest BCUT2D eigenvalue weighted by Gasteiger charge is 2.27. The molecule has 0 amide bonds. The lowest BCUT2D eigenvalue weighted by atomic mass is 9.99. The number of nitrogens with two attached hydrogens (primary N) is 1. The first-order valence-electron chi connectivity index (χ1n) is 6.42. The average Bonchev–Trinajstić information content (AvgIpc) is 2.90. The van der Waals surface area contributed by atoms with Crippen molar-refractivity contribution in [3.05, 3.63) is 59.7 Å². The van der Waals surface area contributed by atoms with Crippen LogP contribution in [-0.2, 0) is 6.42 Å². The molecule has 3 heteroatoms. The predicted octanol–water partition coefficient (Wildman–Crippen LogP) is 3.41. The number of fused-ring (bicyclic) bond motifs is 1. The molecule has 0 bridgehead atoms. The molecule has 0 spiro atoms. The molecule has 0 radical (unpaired) electrons. The first-order valence-corrected chi connectivity index (χ1v) is 7.30. The average molecular weight is 271 g/mol.